The van der Waals surface area contributed by atoms with Gasteiger partial charge in [0.1, 0.15) is 17.2 Å². The Morgan fingerprint density at radius 3 is 2.62 bits per heavy atom. The second-order valence-electron chi connectivity index (χ2n) is 5.64. The van der Waals surface area contributed by atoms with E-state index in [4.69, 9.17) is 4.42 Å². The van der Waals surface area contributed by atoms with Gasteiger partial charge >= 0.3 is 0 Å². The summed E-state index contributed by atoms with van der Waals surface area (Å²) in [5, 5.41) is 4.29. The quantitative estimate of drug-likeness (QED) is 0.762. The van der Waals surface area contributed by atoms with Gasteiger partial charge in [0.25, 0.3) is 0 Å². The molecule has 1 aliphatic carbocycles. The average molecular weight is 281 g/mol. The van der Waals surface area contributed by atoms with Crippen LogP contribution in [0.5, 0.6) is 0 Å². The second kappa shape index (κ2) is 5.01. The van der Waals surface area contributed by atoms with Crippen LogP contribution in [0.2, 0.25) is 0 Å². The van der Waals surface area contributed by atoms with Gasteiger partial charge in [-0.05, 0) is 42.7 Å². The fourth-order valence-electron chi connectivity index (χ4n) is 2.49. The normalized spacial score (nSPS) is 14.7. The van der Waals surface area contributed by atoms with Crippen molar-refractivity contribution in [1.82, 2.24) is 5.32 Å². The molecule has 0 amide bonds. The molecular weight excluding hydrogens is 265 g/mol. The van der Waals surface area contributed by atoms with Crippen molar-refractivity contribution in [3.05, 3.63) is 59.9 Å². The van der Waals surface area contributed by atoms with Crippen molar-refractivity contribution in [2.45, 2.75) is 25.4 Å². The lowest BCUT2D eigenvalue weighted by molar-refractivity contribution is 0.619. The third-order valence-electron chi connectivity index (χ3n) is 3.89. The minimum absolute atomic E-state index is 0.239. The van der Waals surface area contributed by atoms with Crippen LogP contribution in [0.1, 0.15) is 18.4 Å². The van der Waals surface area contributed by atoms with Crippen molar-refractivity contribution in [1.29, 1.82) is 0 Å². The first-order valence-corrected chi connectivity index (χ1v) is 7.30. The summed E-state index contributed by atoms with van der Waals surface area (Å²) < 4.78 is 19.0. The van der Waals surface area contributed by atoms with E-state index in [9.17, 15) is 4.39 Å². The number of nitrogens with one attached hydrogen (secondary N) is 1. The van der Waals surface area contributed by atoms with E-state index in [1.165, 1.54) is 30.5 Å². The zero-order chi connectivity index (χ0) is 14.2. The summed E-state index contributed by atoms with van der Waals surface area (Å²) in [5.41, 5.74) is 3.00. The standard InChI is InChI=1S/C18H16FNO/c19-15-5-8-17-14(9-15)10-18(21-17)13-3-1-12(2-4-13)11-20-16-6-7-16/h1-5,8-10,16,20H,6-7,11H2. The number of fused-ring (bicyclic) bond motifs is 1. The highest BCUT2D eigenvalue weighted by Crippen LogP contribution is 2.28. The van der Waals surface area contributed by atoms with Crippen molar-refractivity contribution in [3.8, 4) is 11.3 Å². The van der Waals surface area contributed by atoms with E-state index in [0.29, 0.717) is 5.58 Å². The lowest BCUT2D eigenvalue weighted by atomic mass is 10.1. The maximum absolute atomic E-state index is 13.2. The highest BCUT2D eigenvalue weighted by atomic mass is 19.1. The van der Waals surface area contributed by atoms with Crippen molar-refractivity contribution < 1.29 is 8.81 Å². The van der Waals surface area contributed by atoms with E-state index < -0.39 is 0 Å². The Bertz CT molecular complexity index is 772. The molecule has 1 aliphatic rings. The molecule has 0 radical (unpaired) electrons. The van der Waals surface area contributed by atoms with Crippen LogP contribution < -0.4 is 5.32 Å². The maximum atomic E-state index is 13.2. The Labute approximate surface area is 122 Å². The lowest BCUT2D eigenvalue weighted by Gasteiger charge is -2.03. The second-order valence-corrected chi connectivity index (χ2v) is 5.64. The molecule has 0 unspecified atom stereocenters. The highest BCUT2D eigenvalue weighted by Gasteiger charge is 2.19. The summed E-state index contributed by atoms with van der Waals surface area (Å²) >= 11 is 0. The van der Waals surface area contributed by atoms with Gasteiger partial charge in [0.05, 0.1) is 0 Å². The van der Waals surface area contributed by atoms with Gasteiger partial charge in [0, 0.05) is 23.5 Å². The van der Waals surface area contributed by atoms with Crippen LogP contribution in [-0.2, 0) is 6.54 Å². The van der Waals surface area contributed by atoms with Gasteiger partial charge in [-0.15, -0.1) is 0 Å². The Morgan fingerprint density at radius 2 is 1.86 bits per heavy atom. The largest absolute Gasteiger partial charge is 0.456 e. The molecule has 3 heteroatoms. The van der Waals surface area contributed by atoms with E-state index in [0.717, 1.165) is 29.3 Å². The predicted octanol–water partition coefficient (Wildman–Crippen LogP) is 4.49. The van der Waals surface area contributed by atoms with Gasteiger partial charge in [-0.1, -0.05) is 24.3 Å². The molecule has 2 aromatic carbocycles. The Kier molecular flexibility index (Phi) is 3.00. The first-order valence-electron chi connectivity index (χ1n) is 7.30. The first kappa shape index (κ1) is 12.6. The zero-order valence-electron chi connectivity index (χ0n) is 11.6. The molecule has 0 aliphatic heterocycles. The molecule has 0 bridgehead atoms. The minimum Gasteiger partial charge on any atom is -0.456 e. The molecule has 0 saturated heterocycles. The molecule has 1 fully saturated rings. The molecule has 0 spiro atoms. The minimum atomic E-state index is -0.239. The molecule has 0 atom stereocenters. The number of halogens is 1. The summed E-state index contributed by atoms with van der Waals surface area (Å²) in [6, 6.07) is 15.5. The van der Waals surface area contributed by atoms with Crippen LogP contribution in [0.25, 0.3) is 22.3 Å². The summed E-state index contributed by atoms with van der Waals surface area (Å²) in [4.78, 5) is 0. The van der Waals surface area contributed by atoms with Gasteiger partial charge < -0.3 is 9.73 Å². The molecule has 4 rings (SSSR count). The number of benzene rings is 2. The third kappa shape index (κ3) is 2.69. The molecule has 1 saturated carbocycles. The fraction of sp³-hybridized carbons (Fsp3) is 0.222. The first-order chi connectivity index (χ1) is 10.3. The van der Waals surface area contributed by atoms with Gasteiger partial charge in [-0.3, -0.25) is 0 Å². The van der Waals surface area contributed by atoms with Gasteiger partial charge in [0.15, 0.2) is 0 Å². The molecule has 1 aromatic heterocycles. The Balaban J connectivity index is 1.58. The molecular formula is C18H16FNO. The lowest BCUT2D eigenvalue weighted by Crippen LogP contribution is -2.14. The van der Waals surface area contributed by atoms with Gasteiger partial charge in [-0.2, -0.15) is 0 Å². The fourth-order valence-corrected chi connectivity index (χ4v) is 2.49. The van der Waals surface area contributed by atoms with Crippen LogP contribution in [-0.4, -0.2) is 6.04 Å². The highest BCUT2D eigenvalue weighted by molar-refractivity contribution is 5.82. The number of furan rings is 1. The van der Waals surface area contributed by atoms with Gasteiger partial charge in [-0.25, -0.2) is 4.39 Å². The van der Waals surface area contributed by atoms with Crippen LogP contribution in [0.3, 0.4) is 0 Å². The maximum Gasteiger partial charge on any atom is 0.135 e. The molecule has 1 heterocycles. The Morgan fingerprint density at radius 1 is 1.05 bits per heavy atom. The van der Waals surface area contributed by atoms with Crippen molar-refractivity contribution in [2.75, 3.05) is 0 Å². The summed E-state index contributed by atoms with van der Waals surface area (Å²) in [5.74, 6) is 0.536. The Hall–Kier alpha value is -2.13. The average Bonchev–Trinajstić information content (AvgIpc) is 3.24. The summed E-state index contributed by atoms with van der Waals surface area (Å²) in [6.45, 7) is 0.913. The molecule has 2 nitrogen and oxygen atoms in total. The predicted molar refractivity (Wildman–Crippen MR) is 81.5 cm³/mol. The third-order valence-corrected chi connectivity index (χ3v) is 3.89. The smallest absolute Gasteiger partial charge is 0.135 e. The van der Waals surface area contributed by atoms with E-state index in [1.807, 2.05) is 6.07 Å². The van der Waals surface area contributed by atoms with E-state index in [2.05, 4.69) is 29.6 Å². The topological polar surface area (TPSA) is 25.2 Å². The van der Waals surface area contributed by atoms with Crippen molar-refractivity contribution in [2.24, 2.45) is 0 Å². The van der Waals surface area contributed by atoms with Crippen molar-refractivity contribution in [3.63, 3.8) is 0 Å². The number of rotatable bonds is 4. The molecule has 1 N–H and O–H groups in total. The summed E-state index contributed by atoms with van der Waals surface area (Å²) in [6.07, 6.45) is 2.60. The molecule has 106 valence electrons. The summed E-state index contributed by atoms with van der Waals surface area (Å²) in [7, 11) is 0. The SMILES string of the molecule is Fc1ccc2oc(-c3ccc(CNC4CC4)cc3)cc2c1. The zero-order valence-corrected chi connectivity index (χ0v) is 11.6. The number of hydrogen-bond donors (Lipinski definition) is 1. The molecule has 21 heavy (non-hydrogen) atoms. The van der Waals surface area contributed by atoms with Crippen molar-refractivity contribution >= 4 is 11.0 Å². The van der Waals surface area contributed by atoms with Crippen LogP contribution in [0.15, 0.2) is 52.9 Å². The van der Waals surface area contributed by atoms with E-state index >= 15 is 0 Å². The monoisotopic (exact) mass is 281 g/mol. The number of hydrogen-bond acceptors (Lipinski definition) is 2. The molecule has 3 aromatic rings. The van der Waals surface area contributed by atoms with Crippen LogP contribution >= 0.6 is 0 Å². The van der Waals surface area contributed by atoms with Crippen LogP contribution in [0, 0.1) is 5.82 Å². The van der Waals surface area contributed by atoms with E-state index in [1.54, 1.807) is 6.07 Å². The van der Waals surface area contributed by atoms with Crippen LogP contribution in [0.4, 0.5) is 4.39 Å². The van der Waals surface area contributed by atoms with Gasteiger partial charge in [0.2, 0.25) is 0 Å². The van der Waals surface area contributed by atoms with E-state index in [-0.39, 0.29) is 5.82 Å².